The number of carbonyl (C=O) groups is 1. The van der Waals surface area contributed by atoms with E-state index in [0.717, 1.165) is 58.7 Å². The van der Waals surface area contributed by atoms with E-state index >= 15 is 0 Å². The molecule has 0 aromatic heterocycles. The lowest BCUT2D eigenvalue weighted by atomic mass is 9.98. The largest absolute Gasteiger partial charge is 0.446 e. The van der Waals surface area contributed by atoms with Crippen molar-refractivity contribution in [2.24, 2.45) is 5.92 Å². The maximum atomic E-state index is 12.3. The third-order valence-electron chi connectivity index (χ3n) is 5.48. The van der Waals surface area contributed by atoms with Crippen molar-refractivity contribution < 1.29 is 9.53 Å². The summed E-state index contributed by atoms with van der Waals surface area (Å²) in [6.07, 6.45) is 5.86. The van der Waals surface area contributed by atoms with Crippen molar-refractivity contribution in [3.63, 3.8) is 0 Å². The van der Waals surface area contributed by atoms with E-state index in [4.69, 9.17) is 4.74 Å². The van der Waals surface area contributed by atoms with Crippen LogP contribution < -0.4 is 0 Å². The summed E-state index contributed by atoms with van der Waals surface area (Å²) < 4.78 is 5.70. The summed E-state index contributed by atoms with van der Waals surface area (Å²) in [6.45, 7) is 16.0. The number of carbonyl (C=O) groups excluding carboxylic acids is 1. The van der Waals surface area contributed by atoms with Crippen LogP contribution in [-0.2, 0) is 4.74 Å². The predicted octanol–water partition coefficient (Wildman–Crippen LogP) is 3.44. The maximum Gasteiger partial charge on any atom is 0.410 e. The van der Waals surface area contributed by atoms with Crippen LogP contribution in [-0.4, -0.2) is 78.8 Å². The molecule has 1 aliphatic heterocycles. The van der Waals surface area contributed by atoms with E-state index in [-0.39, 0.29) is 12.2 Å². The summed E-state index contributed by atoms with van der Waals surface area (Å²) in [5.74, 6) is 0.703. The molecular formula is C20H39N3O2. The molecule has 0 bridgehead atoms. The highest BCUT2D eigenvalue weighted by atomic mass is 16.6. The lowest BCUT2D eigenvalue weighted by Gasteiger charge is -2.37. The minimum atomic E-state index is -0.0878. The molecule has 0 atom stereocenters. The van der Waals surface area contributed by atoms with Gasteiger partial charge in [0, 0.05) is 51.9 Å². The molecule has 2 fully saturated rings. The Labute approximate surface area is 154 Å². The van der Waals surface area contributed by atoms with Crippen molar-refractivity contribution >= 4 is 6.09 Å². The van der Waals surface area contributed by atoms with Crippen molar-refractivity contribution in [3.8, 4) is 0 Å². The van der Waals surface area contributed by atoms with Gasteiger partial charge in [-0.1, -0.05) is 20.3 Å². The van der Waals surface area contributed by atoms with E-state index in [1.165, 1.54) is 19.3 Å². The van der Waals surface area contributed by atoms with Gasteiger partial charge in [-0.05, 0) is 45.4 Å². The van der Waals surface area contributed by atoms with Crippen molar-refractivity contribution in [1.29, 1.82) is 0 Å². The standard InChI is InChI=1S/C20H39N3O2/c1-17(2)16-23(18(3)4)15-12-21-10-13-22(14-11-21)20(24)25-19-8-6-5-7-9-19/h17-19H,5-16H2,1-4H3. The van der Waals surface area contributed by atoms with Crippen molar-refractivity contribution in [2.45, 2.75) is 71.9 Å². The number of amides is 1. The van der Waals surface area contributed by atoms with Crippen LogP contribution in [0, 0.1) is 5.92 Å². The Bertz CT molecular complexity index is 386. The maximum absolute atomic E-state index is 12.3. The molecule has 5 nitrogen and oxygen atoms in total. The lowest BCUT2D eigenvalue weighted by Crippen LogP contribution is -2.51. The summed E-state index contributed by atoms with van der Waals surface area (Å²) >= 11 is 0. The normalized spacial score (nSPS) is 20.7. The van der Waals surface area contributed by atoms with Crippen molar-refractivity contribution in [1.82, 2.24) is 14.7 Å². The van der Waals surface area contributed by atoms with Crippen LogP contribution in [0.25, 0.3) is 0 Å². The highest BCUT2D eigenvalue weighted by molar-refractivity contribution is 5.68. The molecule has 0 unspecified atom stereocenters. The molecule has 5 heteroatoms. The number of hydrogen-bond acceptors (Lipinski definition) is 4. The Balaban J connectivity index is 1.67. The van der Waals surface area contributed by atoms with Crippen LogP contribution in [0.1, 0.15) is 59.8 Å². The molecule has 1 heterocycles. The van der Waals surface area contributed by atoms with Crippen molar-refractivity contribution in [2.75, 3.05) is 45.8 Å². The number of ether oxygens (including phenoxy) is 1. The SMILES string of the molecule is CC(C)CN(CCN1CCN(C(=O)OC2CCCCC2)CC1)C(C)C. The molecule has 1 saturated heterocycles. The van der Waals surface area contributed by atoms with Gasteiger partial charge in [-0.25, -0.2) is 4.79 Å². The highest BCUT2D eigenvalue weighted by Crippen LogP contribution is 2.21. The first-order valence-electron chi connectivity index (χ1n) is 10.4. The number of rotatable bonds is 7. The van der Waals surface area contributed by atoms with Gasteiger partial charge in [0.1, 0.15) is 6.10 Å². The van der Waals surface area contributed by atoms with Crippen LogP contribution >= 0.6 is 0 Å². The van der Waals surface area contributed by atoms with Crippen LogP contribution in [0.2, 0.25) is 0 Å². The van der Waals surface area contributed by atoms with Gasteiger partial charge in [0.15, 0.2) is 0 Å². The van der Waals surface area contributed by atoms with E-state index in [2.05, 4.69) is 37.5 Å². The van der Waals surface area contributed by atoms with Gasteiger partial charge in [-0.2, -0.15) is 0 Å². The van der Waals surface area contributed by atoms with E-state index in [0.29, 0.717) is 12.0 Å². The molecule has 0 N–H and O–H groups in total. The van der Waals surface area contributed by atoms with E-state index in [9.17, 15) is 4.79 Å². The van der Waals surface area contributed by atoms with Gasteiger partial charge in [-0.3, -0.25) is 9.80 Å². The zero-order chi connectivity index (χ0) is 18.2. The van der Waals surface area contributed by atoms with Gasteiger partial charge in [0.2, 0.25) is 0 Å². The zero-order valence-electron chi connectivity index (χ0n) is 16.9. The Kier molecular flexibility index (Phi) is 8.50. The van der Waals surface area contributed by atoms with Gasteiger partial charge in [0.25, 0.3) is 0 Å². The third kappa shape index (κ3) is 7.14. The molecule has 0 spiro atoms. The summed E-state index contributed by atoms with van der Waals surface area (Å²) in [4.78, 5) is 19.3. The fourth-order valence-electron chi connectivity index (χ4n) is 3.85. The fraction of sp³-hybridized carbons (Fsp3) is 0.950. The number of hydrogen-bond donors (Lipinski definition) is 0. The molecule has 0 radical (unpaired) electrons. The molecule has 0 aromatic carbocycles. The predicted molar refractivity (Wildman–Crippen MR) is 103 cm³/mol. The van der Waals surface area contributed by atoms with Crippen molar-refractivity contribution in [3.05, 3.63) is 0 Å². The molecule has 2 aliphatic rings. The first kappa shape index (κ1) is 20.5. The minimum Gasteiger partial charge on any atom is -0.446 e. The quantitative estimate of drug-likeness (QED) is 0.702. The molecule has 1 amide bonds. The lowest BCUT2D eigenvalue weighted by molar-refractivity contribution is 0.0313. The summed E-state index contributed by atoms with van der Waals surface area (Å²) in [5.41, 5.74) is 0. The van der Waals surface area contributed by atoms with E-state index in [1.807, 2.05) is 4.90 Å². The van der Waals surface area contributed by atoms with Gasteiger partial charge < -0.3 is 9.64 Å². The Morgan fingerprint density at radius 3 is 2.24 bits per heavy atom. The van der Waals surface area contributed by atoms with Gasteiger partial charge in [0.05, 0.1) is 0 Å². The Morgan fingerprint density at radius 1 is 1.04 bits per heavy atom. The van der Waals surface area contributed by atoms with Crippen LogP contribution in [0.4, 0.5) is 4.79 Å². The second kappa shape index (κ2) is 10.4. The molecule has 1 aliphatic carbocycles. The summed E-state index contributed by atoms with van der Waals surface area (Å²) in [6, 6.07) is 0.592. The fourth-order valence-corrected chi connectivity index (χ4v) is 3.85. The average molecular weight is 354 g/mol. The molecule has 146 valence electrons. The first-order chi connectivity index (χ1) is 12.0. The van der Waals surface area contributed by atoms with Crippen LogP contribution in [0.3, 0.4) is 0 Å². The highest BCUT2D eigenvalue weighted by Gasteiger charge is 2.25. The molecule has 0 aromatic rings. The minimum absolute atomic E-state index is 0.0878. The monoisotopic (exact) mass is 353 g/mol. The third-order valence-corrected chi connectivity index (χ3v) is 5.48. The number of nitrogens with zero attached hydrogens (tertiary/aromatic N) is 3. The first-order valence-corrected chi connectivity index (χ1v) is 10.4. The average Bonchev–Trinajstić information content (AvgIpc) is 2.59. The van der Waals surface area contributed by atoms with Crippen LogP contribution in [0.5, 0.6) is 0 Å². The topological polar surface area (TPSA) is 36.0 Å². The molecule has 25 heavy (non-hydrogen) atoms. The van der Waals surface area contributed by atoms with E-state index < -0.39 is 0 Å². The Morgan fingerprint density at radius 2 is 1.68 bits per heavy atom. The summed E-state index contributed by atoms with van der Waals surface area (Å²) in [5, 5.41) is 0. The summed E-state index contributed by atoms with van der Waals surface area (Å²) in [7, 11) is 0. The van der Waals surface area contributed by atoms with Crippen LogP contribution in [0.15, 0.2) is 0 Å². The smallest absolute Gasteiger partial charge is 0.410 e. The van der Waals surface area contributed by atoms with Gasteiger partial charge >= 0.3 is 6.09 Å². The molecule has 1 saturated carbocycles. The van der Waals surface area contributed by atoms with Gasteiger partial charge in [-0.15, -0.1) is 0 Å². The molecular weight excluding hydrogens is 314 g/mol. The Hall–Kier alpha value is -0.810. The number of piperazine rings is 1. The molecule has 2 rings (SSSR count). The van der Waals surface area contributed by atoms with E-state index in [1.54, 1.807) is 0 Å². The zero-order valence-corrected chi connectivity index (χ0v) is 16.9. The second-order valence-electron chi connectivity index (χ2n) is 8.45. The second-order valence-corrected chi connectivity index (χ2v) is 8.45.